The molecule has 0 bridgehead atoms. The number of nitrogens with one attached hydrogen (secondary N) is 2. The minimum atomic E-state index is -0.778. The van der Waals surface area contributed by atoms with Gasteiger partial charge in [-0.3, -0.25) is 19.7 Å². The van der Waals surface area contributed by atoms with Crippen LogP contribution in [0.3, 0.4) is 0 Å². The molecule has 4 heterocycles. The fourth-order valence-electron chi connectivity index (χ4n) is 4.96. The van der Waals surface area contributed by atoms with Crippen molar-refractivity contribution >= 4 is 17.5 Å². The maximum Gasteiger partial charge on any atom is 0.237 e. The molecule has 0 saturated carbocycles. The molecular weight excluding hydrogens is 378 g/mol. The Hall–Kier alpha value is -3.48. The summed E-state index contributed by atoms with van der Waals surface area (Å²) in [5, 5.41) is 9.80. The van der Waals surface area contributed by atoms with Crippen molar-refractivity contribution in [3.8, 4) is 0 Å². The highest BCUT2D eigenvalue weighted by atomic mass is 16.2. The predicted octanol–water partition coefficient (Wildman–Crippen LogP) is 2.99. The molecule has 3 aromatic rings. The Morgan fingerprint density at radius 3 is 2.90 bits per heavy atom. The zero-order chi connectivity index (χ0) is 20.6. The summed E-state index contributed by atoms with van der Waals surface area (Å²) in [4.78, 5) is 32.7. The van der Waals surface area contributed by atoms with E-state index in [0.29, 0.717) is 19.4 Å². The van der Waals surface area contributed by atoms with Gasteiger partial charge in [-0.15, -0.1) is 0 Å². The Morgan fingerprint density at radius 2 is 2.10 bits per heavy atom. The number of benzene rings is 1. The summed E-state index contributed by atoms with van der Waals surface area (Å²) in [6, 6.07) is 11.3. The molecule has 1 spiro atoms. The van der Waals surface area contributed by atoms with Crippen LogP contribution in [0.1, 0.15) is 42.0 Å². The highest BCUT2D eigenvalue weighted by molar-refractivity contribution is 6.07. The second-order valence-corrected chi connectivity index (χ2v) is 7.96. The molecule has 2 amide bonds. The molecule has 7 nitrogen and oxygen atoms in total. The minimum absolute atomic E-state index is 0.0359. The Bertz CT molecular complexity index is 1070. The van der Waals surface area contributed by atoms with Crippen LogP contribution in [-0.4, -0.2) is 38.4 Å². The van der Waals surface area contributed by atoms with Gasteiger partial charge in [0.2, 0.25) is 11.8 Å². The Morgan fingerprint density at radius 1 is 1.20 bits per heavy atom. The van der Waals surface area contributed by atoms with Gasteiger partial charge in [0.15, 0.2) is 0 Å². The number of aryl methyl sites for hydroxylation is 1. The molecule has 2 unspecified atom stereocenters. The van der Waals surface area contributed by atoms with Gasteiger partial charge in [0, 0.05) is 37.2 Å². The van der Waals surface area contributed by atoms with Crippen LogP contribution in [0.2, 0.25) is 0 Å². The van der Waals surface area contributed by atoms with E-state index in [4.69, 9.17) is 0 Å². The Balaban J connectivity index is 1.47. The van der Waals surface area contributed by atoms with Crippen molar-refractivity contribution in [3.05, 3.63) is 77.9 Å². The fourth-order valence-corrected chi connectivity index (χ4v) is 4.96. The monoisotopic (exact) mass is 401 g/mol. The molecule has 2 aromatic heterocycles. The number of para-hydroxylation sites is 1. The molecule has 2 aliphatic rings. The van der Waals surface area contributed by atoms with Crippen LogP contribution in [0.4, 0.5) is 5.69 Å². The van der Waals surface area contributed by atoms with Gasteiger partial charge in [-0.05, 0) is 48.1 Å². The summed E-state index contributed by atoms with van der Waals surface area (Å²) >= 11 is 0. The van der Waals surface area contributed by atoms with E-state index in [9.17, 15) is 9.59 Å². The van der Waals surface area contributed by atoms with Crippen molar-refractivity contribution in [2.45, 2.75) is 37.1 Å². The number of aromatic nitrogens is 3. The van der Waals surface area contributed by atoms with Gasteiger partial charge >= 0.3 is 0 Å². The van der Waals surface area contributed by atoms with Crippen LogP contribution in [-0.2, 0) is 21.4 Å². The zero-order valence-electron chi connectivity index (χ0n) is 16.5. The largest absolute Gasteiger partial charge is 0.334 e. The van der Waals surface area contributed by atoms with Crippen molar-refractivity contribution in [1.29, 1.82) is 0 Å². The highest BCUT2D eigenvalue weighted by Crippen LogP contribution is 2.54. The van der Waals surface area contributed by atoms with Crippen molar-refractivity contribution in [2.75, 3.05) is 11.9 Å². The molecule has 7 heteroatoms. The van der Waals surface area contributed by atoms with Crippen LogP contribution >= 0.6 is 0 Å². The molecule has 0 aliphatic carbocycles. The first-order valence-corrected chi connectivity index (χ1v) is 10.3. The molecule has 5 rings (SSSR count). The molecule has 1 fully saturated rings. The average Bonchev–Trinajstić information content (AvgIpc) is 3.49. The molecule has 0 radical (unpaired) electrons. The highest BCUT2D eigenvalue weighted by Gasteiger charge is 2.59. The number of nitrogens with zero attached hydrogens (tertiary/aromatic N) is 3. The first-order valence-electron chi connectivity index (χ1n) is 10.3. The minimum Gasteiger partial charge on any atom is -0.334 e. The van der Waals surface area contributed by atoms with Crippen LogP contribution in [0, 0.1) is 0 Å². The van der Waals surface area contributed by atoms with Crippen molar-refractivity contribution in [3.63, 3.8) is 0 Å². The number of hydrogen-bond acceptors (Lipinski definition) is 4. The summed E-state index contributed by atoms with van der Waals surface area (Å²) in [5.41, 5.74) is 3.02. The molecule has 2 atom stereocenters. The first kappa shape index (κ1) is 18.5. The van der Waals surface area contributed by atoms with E-state index >= 15 is 0 Å². The number of hydrogen-bond donors (Lipinski definition) is 2. The Kier molecular flexibility index (Phi) is 4.58. The van der Waals surface area contributed by atoms with Gasteiger partial charge in [-0.25, -0.2) is 0 Å². The van der Waals surface area contributed by atoms with Crippen molar-refractivity contribution < 1.29 is 9.59 Å². The maximum absolute atomic E-state index is 13.3. The summed E-state index contributed by atoms with van der Waals surface area (Å²) in [6.07, 6.45) is 9.69. The molecule has 1 saturated heterocycles. The molecule has 2 aliphatic heterocycles. The lowest BCUT2D eigenvalue weighted by Gasteiger charge is -2.34. The van der Waals surface area contributed by atoms with E-state index in [-0.39, 0.29) is 17.9 Å². The smallest absolute Gasteiger partial charge is 0.237 e. The first-order chi connectivity index (χ1) is 14.7. The molecular formula is C23H23N5O2. The van der Waals surface area contributed by atoms with E-state index in [2.05, 4.69) is 20.5 Å². The summed E-state index contributed by atoms with van der Waals surface area (Å²) in [7, 11) is 0. The van der Waals surface area contributed by atoms with Gasteiger partial charge < -0.3 is 10.2 Å². The lowest BCUT2D eigenvalue weighted by Crippen LogP contribution is -2.42. The molecule has 152 valence electrons. The van der Waals surface area contributed by atoms with Gasteiger partial charge in [-0.1, -0.05) is 24.3 Å². The number of H-pyrrole nitrogens is 1. The van der Waals surface area contributed by atoms with Gasteiger partial charge in [-0.2, -0.15) is 5.10 Å². The number of likely N-dealkylation sites (tertiary alicyclic amines) is 1. The number of anilines is 1. The number of rotatable bonds is 5. The topological polar surface area (TPSA) is 91.0 Å². The SMILES string of the molecule is O=C(CCCc1cn[nH]c1)N1CCC2(C(=O)Nc3ccccc32)C1c1cccnc1. The van der Waals surface area contributed by atoms with Gasteiger partial charge in [0.05, 0.1) is 12.2 Å². The van der Waals surface area contributed by atoms with Crippen LogP contribution in [0.5, 0.6) is 0 Å². The molecule has 2 N–H and O–H groups in total. The standard InChI is InChI=1S/C23H23N5O2/c29-20(9-3-5-16-13-25-26-14-16)28-12-10-23(21(28)17-6-4-11-24-15-17)18-7-1-2-8-19(18)27-22(23)30/h1-2,4,6-8,11,13-15,21H,3,5,9-10,12H2,(H,25,26)(H,27,30). The van der Waals surface area contributed by atoms with Gasteiger partial charge in [0.25, 0.3) is 0 Å². The number of carbonyl (C=O) groups is 2. The second kappa shape index (κ2) is 7.40. The number of aromatic amines is 1. The summed E-state index contributed by atoms with van der Waals surface area (Å²) < 4.78 is 0. The van der Waals surface area contributed by atoms with Crippen LogP contribution in [0.25, 0.3) is 0 Å². The maximum atomic E-state index is 13.3. The van der Waals surface area contributed by atoms with E-state index < -0.39 is 5.41 Å². The average molecular weight is 401 g/mol. The van der Waals surface area contributed by atoms with Crippen molar-refractivity contribution in [1.82, 2.24) is 20.1 Å². The number of amides is 2. The Labute approximate surface area is 174 Å². The van der Waals surface area contributed by atoms with Crippen LogP contribution < -0.4 is 5.32 Å². The summed E-state index contributed by atoms with van der Waals surface area (Å²) in [5.74, 6) is 0.0349. The van der Waals surface area contributed by atoms with E-state index in [1.165, 1.54) is 0 Å². The quantitative estimate of drug-likeness (QED) is 0.688. The van der Waals surface area contributed by atoms with E-state index in [1.54, 1.807) is 18.6 Å². The predicted molar refractivity (Wildman–Crippen MR) is 112 cm³/mol. The normalized spacial score (nSPS) is 22.3. The van der Waals surface area contributed by atoms with Crippen molar-refractivity contribution in [2.24, 2.45) is 0 Å². The van der Waals surface area contributed by atoms with Gasteiger partial charge in [0.1, 0.15) is 5.41 Å². The van der Waals surface area contributed by atoms with E-state index in [0.717, 1.165) is 35.2 Å². The fraction of sp³-hybridized carbons (Fsp3) is 0.304. The zero-order valence-corrected chi connectivity index (χ0v) is 16.5. The number of fused-ring (bicyclic) bond motifs is 2. The molecule has 30 heavy (non-hydrogen) atoms. The van der Waals surface area contributed by atoms with Crippen LogP contribution in [0.15, 0.2) is 61.2 Å². The number of carbonyl (C=O) groups excluding carboxylic acids is 2. The third kappa shape index (κ3) is 2.89. The third-order valence-electron chi connectivity index (χ3n) is 6.32. The molecule has 1 aromatic carbocycles. The number of pyridine rings is 1. The second-order valence-electron chi connectivity index (χ2n) is 7.96. The third-order valence-corrected chi connectivity index (χ3v) is 6.32. The lowest BCUT2D eigenvalue weighted by atomic mass is 9.73. The van der Waals surface area contributed by atoms with E-state index in [1.807, 2.05) is 47.5 Å². The summed E-state index contributed by atoms with van der Waals surface area (Å²) in [6.45, 7) is 0.547. The lowest BCUT2D eigenvalue weighted by molar-refractivity contribution is -0.133.